The van der Waals surface area contributed by atoms with Crippen molar-refractivity contribution in [3.05, 3.63) is 29.8 Å². The highest BCUT2D eigenvalue weighted by Gasteiger charge is 2.20. The van der Waals surface area contributed by atoms with E-state index in [0.717, 1.165) is 12.3 Å². The third kappa shape index (κ3) is 2.81. The number of nitrogens with zero attached hydrogens (tertiary/aromatic N) is 1. The van der Waals surface area contributed by atoms with E-state index < -0.39 is 0 Å². The van der Waals surface area contributed by atoms with E-state index >= 15 is 0 Å². The largest absolute Gasteiger partial charge is 0.374 e. The van der Waals surface area contributed by atoms with E-state index in [1.54, 1.807) is 0 Å². The lowest BCUT2D eigenvalue weighted by atomic mass is 9.85. The Morgan fingerprint density at radius 3 is 2.65 bits per heavy atom. The van der Waals surface area contributed by atoms with E-state index in [1.807, 2.05) is 0 Å². The molecule has 0 spiro atoms. The zero-order valence-electron chi connectivity index (χ0n) is 11.0. The Kier molecular flexibility index (Phi) is 4.06. The second-order valence-electron chi connectivity index (χ2n) is 5.25. The maximum absolute atomic E-state index is 6.18. The molecule has 2 nitrogen and oxygen atoms in total. The molecule has 17 heavy (non-hydrogen) atoms. The SMILES string of the molecule is CC[C@@H](N)c1ccccc1N(C)CC1CCC1. The van der Waals surface area contributed by atoms with Gasteiger partial charge in [-0.1, -0.05) is 31.5 Å². The van der Waals surface area contributed by atoms with Crippen LogP contribution in [0.4, 0.5) is 5.69 Å². The van der Waals surface area contributed by atoms with Crippen LogP contribution in [0.5, 0.6) is 0 Å². The molecule has 0 aromatic heterocycles. The molecule has 1 saturated carbocycles. The fourth-order valence-corrected chi connectivity index (χ4v) is 2.53. The molecule has 0 radical (unpaired) electrons. The van der Waals surface area contributed by atoms with Gasteiger partial charge in [0, 0.05) is 25.3 Å². The normalized spacial score (nSPS) is 17.6. The van der Waals surface area contributed by atoms with Gasteiger partial charge in [0.1, 0.15) is 0 Å². The van der Waals surface area contributed by atoms with Crippen molar-refractivity contribution in [3.8, 4) is 0 Å². The van der Waals surface area contributed by atoms with Crippen molar-refractivity contribution in [1.82, 2.24) is 0 Å². The fourth-order valence-electron chi connectivity index (χ4n) is 2.53. The Bertz CT molecular complexity index is 358. The first-order chi connectivity index (χ1) is 8.22. The first kappa shape index (κ1) is 12.4. The predicted molar refractivity (Wildman–Crippen MR) is 74.3 cm³/mol. The summed E-state index contributed by atoms with van der Waals surface area (Å²) in [5.41, 5.74) is 8.79. The van der Waals surface area contributed by atoms with Gasteiger partial charge in [0.05, 0.1) is 0 Å². The van der Waals surface area contributed by atoms with Crippen LogP contribution in [-0.4, -0.2) is 13.6 Å². The summed E-state index contributed by atoms with van der Waals surface area (Å²) in [6.07, 6.45) is 5.20. The summed E-state index contributed by atoms with van der Waals surface area (Å²) in [4.78, 5) is 2.38. The summed E-state index contributed by atoms with van der Waals surface area (Å²) >= 11 is 0. The zero-order valence-corrected chi connectivity index (χ0v) is 11.0. The van der Waals surface area contributed by atoms with E-state index in [2.05, 4.69) is 43.1 Å². The molecule has 1 aliphatic rings. The molecule has 1 aromatic rings. The first-order valence-corrected chi connectivity index (χ1v) is 6.78. The molecule has 1 fully saturated rings. The van der Waals surface area contributed by atoms with E-state index in [9.17, 15) is 0 Å². The highest BCUT2D eigenvalue weighted by molar-refractivity contribution is 5.54. The second-order valence-corrected chi connectivity index (χ2v) is 5.25. The lowest BCUT2D eigenvalue weighted by molar-refractivity contribution is 0.321. The number of hydrogen-bond acceptors (Lipinski definition) is 2. The van der Waals surface area contributed by atoms with Crippen molar-refractivity contribution in [3.63, 3.8) is 0 Å². The van der Waals surface area contributed by atoms with Crippen LogP contribution in [0.3, 0.4) is 0 Å². The van der Waals surface area contributed by atoms with Crippen molar-refractivity contribution in [1.29, 1.82) is 0 Å². The molecule has 1 aliphatic carbocycles. The van der Waals surface area contributed by atoms with Gasteiger partial charge in [-0.15, -0.1) is 0 Å². The molecule has 2 rings (SSSR count). The van der Waals surface area contributed by atoms with Crippen molar-refractivity contribution >= 4 is 5.69 Å². The van der Waals surface area contributed by atoms with Gasteiger partial charge in [0.25, 0.3) is 0 Å². The predicted octanol–water partition coefficient (Wildman–Crippen LogP) is 3.33. The second kappa shape index (κ2) is 5.54. The van der Waals surface area contributed by atoms with Crippen LogP contribution in [0.25, 0.3) is 0 Å². The maximum atomic E-state index is 6.18. The van der Waals surface area contributed by atoms with Crippen LogP contribution in [0.1, 0.15) is 44.2 Å². The molecule has 0 heterocycles. The highest BCUT2D eigenvalue weighted by atomic mass is 15.1. The van der Waals surface area contributed by atoms with Crippen LogP contribution < -0.4 is 10.6 Å². The minimum Gasteiger partial charge on any atom is -0.374 e. The first-order valence-electron chi connectivity index (χ1n) is 6.78. The maximum Gasteiger partial charge on any atom is 0.0412 e. The molecule has 0 aliphatic heterocycles. The van der Waals surface area contributed by atoms with Gasteiger partial charge in [-0.25, -0.2) is 0 Å². The average molecular weight is 232 g/mol. The van der Waals surface area contributed by atoms with Crippen LogP contribution in [0.2, 0.25) is 0 Å². The van der Waals surface area contributed by atoms with E-state index in [-0.39, 0.29) is 6.04 Å². The van der Waals surface area contributed by atoms with Gasteiger partial charge in [-0.2, -0.15) is 0 Å². The number of anilines is 1. The van der Waals surface area contributed by atoms with Gasteiger partial charge in [0.15, 0.2) is 0 Å². The number of nitrogens with two attached hydrogens (primary N) is 1. The lowest BCUT2D eigenvalue weighted by Crippen LogP contribution is -2.30. The molecule has 94 valence electrons. The smallest absolute Gasteiger partial charge is 0.0412 e. The topological polar surface area (TPSA) is 29.3 Å². The van der Waals surface area contributed by atoms with Crippen molar-refractivity contribution < 1.29 is 0 Å². The Morgan fingerprint density at radius 2 is 2.06 bits per heavy atom. The summed E-state index contributed by atoms with van der Waals surface area (Å²) in [7, 11) is 2.19. The molecule has 0 bridgehead atoms. The monoisotopic (exact) mass is 232 g/mol. The van der Waals surface area contributed by atoms with E-state index in [4.69, 9.17) is 5.73 Å². The minimum absolute atomic E-state index is 0.162. The molecule has 0 unspecified atom stereocenters. The van der Waals surface area contributed by atoms with Gasteiger partial charge < -0.3 is 10.6 Å². The number of para-hydroxylation sites is 1. The van der Waals surface area contributed by atoms with Gasteiger partial charge in [-0.05, 0) is 36.8 Å². The summed E-state index contributed by atoms with van der Waals surface area (Å²) in [6.45, 7) is 3.32. The third-order valence-corrected chi connectivity index (χ3v) is 3.94. The quantitative estimate of drug-likeness (QED) is 0.843. The van der Waals surface area contributed by atoms with Gasteiger partial charge in [-0.3, -0.25) is 0 Å². The molecule has 1 aromatic carbocycles. The molecular weight excluding hydrogens is 208 g/mol. The summed E-state index contributed by atoms with van der Waals surface area (Å²) in [5, 5.41) is 0. The zero-order chi connectivity index (χ0) is 12.3. The average Bonchev–Trinajstić information content (AvgIpc) is 2.32. The Labute approximate surface area is 105 Å². The van der Waals surface area contributed by atoms with Crippen LogP contribution in [-0.2, 0) is 0 Å². The summed E-state index contributed by atoms with van der Waals surface area (Å²) < 4.78 is 0. The standard InChI is InChI=1S/C15H24N2/c1-3-14(16)13-9-4-5-10-15(13)17(2)11-12-7-6-8-12/h4-5,9-10,12,14H,3,6-8,11,16H2,1-2H3/t14-/m1/s1. The number of hydrogen-bond donors (Lipinski definition) is 1. The van der Waals surface area contributed by atoms with Gasteiger partial charge in [0.2, 0.25) is 0 Å². The van der Waals surface area contributed by atoms with E-state index in [1.165, 1.54) is 37.1 Å². The summed E-state index contributed by atoms with van der Waals surface area (Å²) in [6, 6.07) is 8.73. The Hall–Kier alpha value is -1.02. The molecule has 1 atom stereocenters. The molecule has 0 amide bonds. The number of rotatable bonds is 5. The lowest BCUT2D eigenvalue weighted by Gasteiger charge is -2.33. The molecule has 2 N–H and O–H groups in total. The van der Waals surface area contributed by atoms with Crippen molar-refractivity contribution in [2.75, 3.05) is 18.5 Å². The van der Waals surface area contributed by atoms with Crippen LogP contribution in [0, 0.1) is 5.92 Å². The van der Waals surface area contributed by atoms with Crippen molar-refractivity contribution in [2.45, 2.75) is 38.6 Å². The fraction of sp³-hybridized carbons (Fsp3) is 0.600. The van der Waals surface area contributed by atoms with E-state index in [0.29, 0.717) is 0 Å². The van der Waals surface area contributed by atoms with Crippen LogP contribution >= 0.6 is 0 Å². The molecule has 0 saturated heterocycles. The third-order valence-electron chi connectivity index (χ3n) is 3.94. The van der Waals surface area contributed by atoms with Gasteiger partial charge >= 0.3 is 0 Å². The highest BCUT2D eigenvalue weighted by Crippen LogP contribution is 2.31. The Balaban J connectivity index is 2.12. The summed E-state index contributed by atoms with van der Waals surface area (Å²) in [5.74, 6) is 0.894. The van der Waals surface area contributed by atoms with Crippen LogP contribution in [0.15, 0.2) is 24.3 Å². The molecule has 2 heteroatoms. The Morgan fingerprint density at radius 1 is 1.35 bits per heavy atom. The number of benzene rings is 1. The van der Waals surface area contributed by atoms with Crippen molar-refractivity contribution in [2.24, 2.45) is 11.7 Å². The molecular formula is C15H24N2. The minimum atomic E-state index is 0.162.